The molecule has 0 radical (unpaired) electrons. The molecular formula is C27H37NO6Si. The minimum absolute atomic E-state index is 0.182. The van der Waals surface area contributed by atoms with Crippen molar-refractivity contribution in [3.05, 3.63) is 54.1 Å². The van der Waals surface area contributed by atoms with Crippen molar-refractivity contribution < 1.29 is 28.5 Å². The van der Waals surface area contributed by atoms with Gasteiger partial charge < -0.3 is 18.9 Å². The van der Waals surface area contributed by atoms with Crippen LogP contribution in [0.2, 0.25) is 25.7 Å². The summed E-state index contributed by atoms with van der Waals surface area (Å²) in [5, 5.41) is 2.08. The molecule has 0 unspecified atom stereocenters. The maximum atomic E-state index is 13.1. The molecule has 0 N–H and O–H groups in total. The van der Waals surface area contributed by atoms with Crippen LogP contribution in [-0.2, 0) is 31.0 Å². The molecule has 1 amide bonds. The topological polar surface area (TPSA) is 74.3 Å². The molecule has 3 rings (SSSR count). The molecule has 35 heavy (non-hydrogen) atoms. The van der Waals surface area contributed by atoms with E-state index < -0.39 is 31.8 Å². The van der Waals surface area contributed by atoms with E-state index in [-0.39, 0.29) is 13.0 Å². The number of esters is 1. The fourth-order valence-corrected chi connectivity index (χ4v) is 5.32. The van der Waals surface area contributed by atoms with E-state index in [1.807, 2.05) is 30.3 Å². The Morgan fingerprint density at radius 2 is 1.89 bits per heavy atom. The molecule has 8 heteroatoms. The van der Waals surface area contributed by atoms with Crippen molar-refractivity contribution in [1.29, 1.82) is 0 Å². The average Bonchev–Trinajstić information content (AvgIpc) is 3.24. The monoisotopic (exact) mass is 499 g/mol. The molecule has 2 atom stereocenters. The Balaban J connectivity index is 2.00. The number of hydrogen-bond donors (Lipinski definition) is 0. The van der Waals surface area contributed by atoms with E-state index >= 15 is 0 Å². The van der Waals surface area contributed by atoms with Gasteiger partial charge in [0.2, 0.25) is 0 Å². The van der Waals surface area contributed by atoms with Crippen molar-refractivity contribution in [3.8, 4) is 5.75 Å². The Bertz CT molecular complexity index is 1100. The van der Waals surface area contributed by atoms with Crippen LogP contribution in [0.5, 0.6) is 5.75 Å². The van der Waals surface area contributed by atoms with E-state index in [0.717, 1.165) is 33.7 Å². The smallest absolute Gasteiger partial charge is 0.410 e. The minimum atomic E-state index is -1.37. The van der Waals surface area contributed by atoms with Gasteiger partial charge in [-0.1, -0.05) is 43.9 Å². The fourth-order valence-electron chi connectivity index (χ4n) is 4.60. The average molecular weight is 500 g/mol. The zero-order valence-corrected chi connectivity index (χ0v) is 22.7. The standard InChI is InChI=1S/C27H37NO6Si/c1-8-9-21-22-16-20(12-10-19(22)11-13-24(21)31-2)27(33-4)17-23(25(29)32-3)28(18-27)26(30)34-14-15-35(5,6)7/h8,10-13,16,23H,1,9,14-15,17-18H2,2-7H3/t23-,27-/m0/s1. The third-order valence-corrected chi connectivity index (χ3v) is 8.39. The number of carbonyl (C=O) groups is 2. The molecule has 0 saturated carbocycles. The van der Waals surface area contributed by atoms with Crippen LogP contribution in [0.1, 0.15) is 17.5 Å². The number of fused-ring (bicyclic) bond motifs is 1. The van der Waals surface area contributed by atoms with Gasteiger partial charge in [-0.05, 0) is 40.9 Å². The van der Waals surface area contributed by atoms with Gasteiger partial charge in [-0.25, -0.2) is 9.59 Å². The van der Waals surface area contributed by atoms with Gasteiger partial charge in [0.15, 0.2) is 0 Å². The van der Waals surface area contributed by atoms with E-state index in [4.69, 9.17) is 18.9 Å². The first kappa shape index (κ1) is 26.8. The Kier molecular flexibility index (Phi) is 8.28. The minimum Gasteiger partial charge on any atom is -0.496 e. The first-order valence-electron chi connectivity index (χ1n) is 11.9. The molecule has 2 aromatic rings. The normalized spacial score (nSPS) is 20.1. The van der Waals surface area contributed by atoms with Gasteiger partial charge >= 0.3 is 12.1 Å². The molecule has 2 aromatic carbocycles. The van der Waals surface area contributed by atoms with E-state index in [0.29, 0.717) is 13.0 Å². The van der Waals surface area contributed by atoms with Crippen molar-refractivity contribution >= 4 is 30.9 Å². The summed E-state index contributed by atoms with van der Waals surface area (Å²) in [6.45, 7) is 11.1. The van der Waals surface area contributed by atoms with Gasteiger partial charge in [-0.2, -0.15) is 0 Å². The van der Waals surface area contributed by atoms with E-state index in [2.05, 4.69) is 32.3 Å². The van der Waals surface area contributed by atoms with E-state index in [1.54, 1.807) is 14.2 Å². The molecule has 1 aliphatic rings. The Morgan fingerprint density at radius 3 is 2.49 bits per heavy atom. The summed E-state index contributed by atoms with van der Waals surface area (Å²) in [6.07, 6.45) is 2.24. The lowest BCUT2D eigenvalue weighted by Crippen LogP contribution is -2.42. The number of likely N-dealkylation sites (tertiary alicyclic amines) is 1. The highest BCUT2D eigenvalue weighted by Crippen LogP contribution is 2.41. The van der Waals surface area contributed by atoms with Crippen LogP contribution in [0, 0.1) is 0 Å². The summed E-state index contributed by atoms with van der Waals surface area (Å²) in [5.41, 5.74) is 1.01. The summed E-state index contributed by atoms with van der Waals surface area (Å²) in [5.74, 6) is 0.299. The van der Waals surface area contributed by atoms with Crippen molar-refractivity contribution in [3.63, 3.8) is 0 Å². The lowest BCUT2D eigenvalue weighted by molar-refractivity contribution is -0.145. The van der Waals surface area contributed by atoms with Crippen LogP contribution in [0.15, 0.2) is 43.0 Å². The number of nitrogens with zero attached hydrogens (tertiary/aromatic N) is 1. The zero-order valence-electron chi connectivity index (χ0n) is 21.7. The third-order valence-electron chi connectivity index (χ3n) is 6.69. The van der Waals surface area contributed by atoms with Gasteiger partial charge in [0.25, 0.3) is 0 Å². The SMILES string of the molecule is C=CCc1c(OC)ccc2ccc([C@]3(OC)C[C@@H](C(=O)OC)N(C(=O)OCC[Si](C)(C)C)C3)cc12. The summed E-state index contributed by atoms with van der Waals surface area (Å²) in [6, 6.07) is 10.1. The predicted octanol–water partition coefficient (Wildman–Crippen LogP) is 5.14. The first-order valence-corrected chi connectivity index (χ1v) is 15.6. The Hall–Kier alpha value is -2.84. The third kappa shape index (κ3) is 5.70. The lowest BCUT2D eigenvalue weighted by atomic mass is 9.88. The molecule has 1 fully saturated rings. The summed E-state index contributed by atoms with van der Waals surface area (Å²) in [7, 11) is 3.21. The molecule has 0 aliphatic carbocycles. The maximum Gasteiger partial charge on any atom is 0.410 e. The second-order valence-electron chi connectivity index (χ2n) is 10.2. The molecular weight excluding hydrogens is 462 g/mol. The highest BCUT2D eigenvalue weighted by molar-refractivity contribution is 6.76. The number of ether oxygens (including phenoxy) is 4. The van der Waals surface area contributed by atoms with E-state index in [9.17, 15) is 9.59 Å². The molecule has 0 spiro atoms. The predicted molar refractivity (Wildman–Crippen MR) is 140 cm³/mol. The van der Waals surface area contributed by atoms with Crippen LogP contribution >= 0.6 is 0 Å². The van der Waals surface area contributed by atoms with Crippen LogP contribution in [0.4, 0.5) is 4.79 Å². The number of hydrogen-bond acceptors (Lipinski definition) is 6. The molecule has 0 bridgehead atoms. The number of carbonyl (C=O) groups excluding carboxylic acids is 2. The zero-order chi connectivity index (χ0) is 25.8. The molecule has 190 valence electrons. The quantitative estimate of drug-likeness (QED) is 0.270. The Morgan fingerprint density at radius 1 is 1.17 bits per heavy atom. The van der Waals surface area contributed by atoms with Crippen molar-refractivity contribution in [1.82, 2.24) is 4.90 Å². The number of methoxy groups -OCH3 is 3. The molecule has 1 saturated heterocycles. The first-order chi connectivity index (χ1) is 16.6. The van der Waals surface area contributed by atoms with Crippen molar-refractivity contribution in [2.24, 2.45) is 0 Å². The lowest BCUT2D eigenvalue weighted by Gasteiger charge is -2.29. The largest absolute Gasteiger partial charge is 0.496 e. The highest BCUT2D eigenvalue weighted by atomic mass is 28.3. The second-order valence-corrected chi connectivity index (χ2v) is 15.8. The number of benzene rings is 2. The van der Waals surface area contributed by atoms with Crippen molar-refractivity contribution in [2.75, 3.05) is 34.5 Å². The summed E-state index contributed by atoms with van der Waals surface area (Å²) < 4.78 is 22.3. The van der Waals surface area contributed by atoms with Gasteiger partial charge in [0, 0.05) is 27.2 Å². The Labute approximate surface area is 209 Å². The number of amides is 1. The van der Waals surface area contributed by atoms with Crippen LogP contribution in [0.25, 0.3) is 10.8 Å². The summed E-state index contributed by atoms with van der Waals surface area (Å²) >= 11 is 0. The van der Waals surface area contributed by atoms with Gasteiger partial charge in [0.05, 0.1) is 27.4 Å². The molecule has 1 aliphatic heterocycles. The maximum absolute atomic E-state index is 13.1. The van der Waals surface area contributed by atoms with E-state index in [1.165, 1.54) is 12.0 Å². The van der Waals surface area contributed by atoms with Gasteiger partial charge in [-0.15, -0.1) is 6.58 Å². The highest BCUT2D eigenvalue weighted by Gasteiger charge is 2.51. The number of rotatable bonds is 9. The van der Waals surface area contributed by atoms with Gasteiger partial charge in [0.1, 0.15) is 17.4 Å². The summed E-state index contributed by atoms with van der Waals surface area (Å²) in [4.78, 5) is 27.2. The van der Waals surface area contributed by atoms with Crippen LogP contribution in [0.3, 0.4) is 0 Å². The second kappa shape index (κ2) is 10.8. The molecule has 0 aromatic heterocycles. The van der Waals surface area contributed by atoms with Crippen LogP contribution < -0.4 is 4.74 Å². The van der Waals surface area contributed by atoms with Crippen LogP contribution in [-0.4, -0.2) is 65.6 Å². The fraction of sp³-hybridized carbons (Fsp3) is 0.481. The van der Waals surface area contributed by atoms with Crippen molar-refractivity contribution in [2.45, 2.75) is 50.2 Å². The van der Waals surface area contributed by atoms with Gasteiger partial charge in [-0.3, -0.25) is 4.90 Å². The molecule has 1 heterocycles. The molecule has 7 nitrogen and oxygen atoms in total. The number of allylic oxidation sites excluding steroid dienone is 1.